The van der Waals surface area contributed by atoms with E-state index in [1.54, 1.807) is 4.90 Å². The average Bonchev–Trinajstić information content (AvgIpc) is 3.48. The number of aryl methyl sites for hydroxylation is 1. The van der Waals surface area contributed by atoms with Gasteiger partial charge in [-0.2, -0.15) is 0 Å². The number of aromatic nitrogens is 5. The van der Waals surface area contributed by atoms with Crippen LogP contribution in [-0.4, -0.2) is 67.3 Å². The normalized spacial score (nSPS) is 17.8. The highest BCUT2D eigenvalue weighted by molar-refractivity contribution is 5.76. The van der Waals surface area contributed by atoms with Crippen molar-refractivity contribution in [1.29, 1.82) is 0 Å². The van der Waals surface area contributed by atoms with E-state index in [2.05, 4.69) is 43.7 Å². The molecule has 0 spiro atoms. The van der Waals surface area contributed by atoms with Crippen LogP contribution in [0.3, 0.4) is 0 Å². The summed E-state index contributed by atoms with van der Waals surface area (Å²) >= 11 is 0. The molecule has 1 saturated heterocycles. The van der Waals surface area contributed by atoms with Crippen LogP contribution in [0.5, 0.6) is 0 Å². The van der Waals surface area contributed by atoms with Crippen LogP contribution in [0, 0.1) is 0 Å². The number of amides is 1. The van der Waals surface area contributed by atoms with E-state index in [9.17, 15) is 4.79 Å². The largest absolute Gasteiger partial charge is 0.444 e. The predicted molar refractivity (Wildman–Crippen MR) is 141 cm³/mol. The minimum absolute atomic E-state index is 0.252. The molecule has 1 aromatic carbocycles. The van der Waals surface area contributed by atoms with E-state index in [1.807, 2.05) is 51.4 Å². The summed E-state index contributed by atoms with van der Waals surface area (Å²) in [6, 6.07) is 14.8. The van der Waals surface area contributed by atoms with Crippen LogP contribution in [0.4, 0.5) is 10.7 Å². The second-order valence-corrected chi connectivity index (χ2v) is 10.6. The van der Waals surface area contributed by atoms with E-state index in [-0.39, 0.29) is 12.1 Å². The Labute approximate surface area is 216 Å². The number of carbonyl (C=O) groups is 1. The molecule has 1 fully saturated rings. The van der Waals surface area contributed by atoms with Crippen molar-refractivity contribution in [3.63, 3.8) is 0 Å². The van der Waals surface area contributed by atoms with E-state index in [0.717, 1.165) is 41.1 Å². The lowest BCUT2D eigenvalue weighted by molar-refractivity contribution is 0.0240. The van der Waals surface area contributed by atoms with Crippen molar-refractivity contribution in [2.75, 3.05) is 31.1 Å². The third-order valence-electron chi connectivity index (χ3n) is 6.90. The van der Waals surface area contributed by atoms with Gasteiger partial charge in [-0.05, 0) is 44.9 Å². The second-order valence-electron chi connectivity index (χ2n) is 10.6. The molecule has 9 heteroatoms. The number of ether oxygens (including phenoxy) is 1. The van der Waals surface area contributed by atoms with Crippen LogP contribution in [0.2, 0.25) is 0 Å². The molecule has 0 bridgehead atoms. The molecule has 190 valence electrons. The van der Waals surface area contributed by atoms with Crippen molar-refractivity contribution in [1.82, 2.24) is 29.4 Å². The summed E-state index contributed by atoms with van der Waals surface area (Å²) in [4.78, 5) is 35.3. The SMILES string of the molecule is CC(C)(C)OC(=O)N1CCN(c2ncc(-c3ccc4nc5n(c4n3)[C@@H](c3ccccc3)CC5)cn2)CC1. The number of benzene rings is 1. The Morgan fingerprint density at radius 1 is 0.946 bits per heavy atom. The molecule has 0 radical (unpaired) electrons. The van der Waals surface area contributed by atoms with Crippen molar-refractivity contribution in [2.45, 2.75) is 45.3 Å². The standard InChI is InChI=1S/C28H31N7O2/c1-28(2,3)37-27(36)34-15-13-33(14-16-34)26-29-17-20(18-30-26)21-9-10-22-25(32-21)35-23(11-12-24(35)31-22)19-7-5-4-6-8-19/h4-10,17-18,23H,11-16H2,1-3H3/t23-/m1/s1. The van der Waals surface area contributed by atoms with E-state index in [0.29, 0.717) is 32.1 Å². The molecule has 0 N–H and O–H groups in total. The van der Waals surface area contributed by atoms with Crippen LogP contribution < -0.4 is 4.90 Å². The summed E-state index contributed by atoms with van der Waals surface area (Å²) in [5, 5.41) is 0. The maximum atomic E-state index is 12.3. The van der Waals surface area contributed by atoms with Gasteiger partial charge in [0.2, 0.25) is 5.95 Å². The Kier molecular flexibility index (Phi) is 5.78. The van der Waals surface area contributed by atoms with Crippen LogP contribution in [0.25, 0.3) is 22.4 Å². The summed E-state index contributed by atoms with van der Waals surface area (Å²) < 4.78 is 7.78. The summed E-state index contributed by atoms with van der Waals surface area (Å²) in [7, 11) is 0. The number of hydrogen-bond acceptors (Lipinski definition) is 7. The van der Waals surface area contributed by atoms with Crippen molar-refractivity contribution in [2.24, 2.45) is 0 Å². The molecular formula is C28H31N7O2. The number of hydrogen-bond donors (Lipinski definition) is 0. The first-order valence-electron chi connectivity index (χ1n) is 12.8. The zero-order valence-electron chi connectivity index (χ0n) is 21.5. The highest BCUT2D eigenvalue weighted by atomic mass is 16.6. The fourth-order valence-corrected chi connectivity index (χ4v) is 5.10. The lowest BCUT2D eigenvalue weighted by Crippen LogP contribution is -2.50. The number of pyridine rings is 1. The lowest BCUT2D eigenvalue weighted by Gasteiger charge is -2.35. The van der Waals surface area contributed by atoms with Gasteiger partial charge in [0.15, 0.2) is 5.65 Å². The van der Waals surface area contributed by atoms with Gasteiger partial charge in [0.05, 0.1) is 11.7 Å². The molecule has 1 amide bonds. The van der Waals surface area contributed by atoms with Gasteiger partial charge in [-0.25, -0.2) is 24.7 Å². The highest BCUT2D eigenvalue weighted by Crippen LogP contribution is 2.35. The molecule has 5 heterocycles. The van der Waals surface area contributed by atoms with E-state index in [4.69, 9.17) is 14.7 Å². The first kappa shape index (κ1) is 23.4. The van der Waals surface area contributed by atoms with Crippen molar-refractivity contribution < 1.29 is 9.53 Å². The quantitative estimate of drug-likeness (QED) is 0.412. The van der Waals surface area contributed by atoms with Gasteiger partial charge in [0, 0.05) is 50.6 Å². The molecule has 0 aliphatic carbocycles. The minimum atomic E-state index is -0.496. The molecular weight excluding hydrogens is 466 g/mol. The zero-order valence-corrected chi connectivity index (χ0v) is 21.5. The Balaban J connectivity index is 1.19. The van der Waals surface area contributed by atoms with Gasteiger partial charge in [-0.15, -0.1) is 0 Å². The molecule has 37 heavy (non-hydrogen) atoms. The smallest absolute Gasteiger partial charge is 0.410 e. The molecule has 0 saturated carbocycles. The third-order valence-corrected chi connectivity index (χ3v) is 6.90. The number of imidazole rings is 1. The molecule has 2 aliphatic heterocycles. The fourth-order valence-electron chi connectivity index (χ4n) is 5.10. The molecule has 9 nitrogen and oxygen atoms in total. The Bertz CT molecular complexity index is 1420. The fraction of sp³-hybridized carbons (Fsp3) is 0.393. The lowest BCUT2D eigenvalue weighted by atomic mass is 10.0. The van der Waals surface area contributed by atoms with Crippen LogP contribution in [0.1, 0.15) is 44.6 Å². The molecule has 3 aromatic heterocycles. The monoisotopic (exact) mass is 497 g/mol. The Morgan fingerprint density at radius 2 is 1.68 bits per heavy atom. The van der Waals surface area contributed by atoms with Gasteiger partial charge < -0.3 is 19.1 Å². The summed E-state index contributed by atoms with van der Waals surface area (Å²) in [5.74, 6) is 1.74. The molecule has 6 rings (SSSR count). The Hall–Kier alpha value is -4.01. The Morgan fingerprint density at radius 3 is 2.38 bits per heavy atom. The first-order chi connectivity index (χ1) is 17.9. The number of nitrogens with zero attached hydrogens (tertiary/aromatic N) is 7. The molecule has 2 aliphatic rings. The summed E-state index contributed by atoms with van der Waals surface area (Å²) in [5.41, 5.74) is 4.30. The summed E-state index contributed by atoms with van der Waals surface area (Å²) in [6.07, 6.45) is 5.36. The third kappa shape index (κ3) is 4.61. The predicted octanol–water partition coefficient (Wildman–Crippen LogP) is 4.48. The van der Waals surface area contributed by atoms with Crippen LogP contribution in [-0.2, 0) is 11.2 Å². The first-order valence-corrected chi connectivity index (χ1v) is 12.8. The van der Waals surface area contributed by atoms with Crippen molar-refractivity contribution in [3.8, 4) is 11.3 Å². The molecule has 0 unspecified atom stereocenters. The van der Waals surface area contributed by atoms with Crippen molar-refractivity contribution in [3.05, 3.63) is 66.2 Å². The average molecular weight is 498 g/mol. The maximum Gasteiger partial charge on any atom is 0.410 e. The molecule has 1 atom stereocenters. The van der Waals surface area contributed by atoms with Crippen LogP contribution in [0.15, 0.2) is 54.9 Å². The number of rotatable bonds is 3. The highest BCUT2D eigenvalue weighted by Gasteiger charge is 2.29. The zero-order chi connectivity index (χ0) is 25.6. The second kappa shape index (κ2) is 9.14. The number of piperazine rings is 1. The minimum Gasteiger partial charge on any atom is -0.444 e. The van der Waals surface area contributed by atoms with Gasteiger partial charge in [-0.3, -0.25) is 0 Å². The van der Waals surface area contributed by atoms with Gasteiger partial charge in [0.25, 0.3) is 0 Å². The molecule has 4 aromatic rings. The van der Waals surface area contributed by atoms with E-state index in [1.165, 1.54) is 5.56 Å². The van der Waals surface area contributed by atoms with Gasteiger partial charge in [0.1, 0.15) is 16.9 Å². The van der Waals surface area contributed by atoms with Gasteiger partial charge >= 0.3 is 6.09 Å². The maximum absolute atomic E-state index is 12.3. The van der Waals surface area contributed by atoms with Gasteiger partial charge in [-0.1, -0.05) is 30.3 Å². The summed E-state index contributed by atoms with van der Waals surface area (Å²) in [6.45, 7) is 8.11. The number of carbonyl (C=O) groups excluding carboxylic acids is 1. The van der Waals surface area contributed by atoms with E-state index < -0.39 is 5.60 Å². The number of anilines is 1. The van der Waals surface area contributed by atoms with E-state index >= 15 is 0 Å². The topological polar surface area (TPSA) is 89.3 Å². The van der Waals surface area contributed by atoms with Crippen LogP contribution >= 0.6 is 0 Å². The van der Waals surface area contributed by atoms with Crippen molar-refractivity contribution >= 4 is 23.2 Å². The number of fused-ring (bicyclic) bond motifs is 3.